The number of nitrogens with zero attached hydrogens (tertiary/aromatic N) is 3. The van der Waals surface area contributed by atoms with Crippen molar-refractivity contribution in [2.24, 2.45) is 0 Å². The molecule has 1 heterocycles. The van der Waals surface area contributed by atoms with E-state index in [-0.39, 0.29) is 17.3 Å². The van der Waals surface area contributed by atoms with E-state index in [1.165, 1.54) is 0 Å². The van der Waals surface area contributed by atoms with Gasteiger partial charge < -0.3 is 9.47 Å². The molecule has 6 heteroatoms. The van der Waals surface area contributed by atoms with E-state index in [9.17, 15) is 0 Å². The molecule has 104 valence electrons. The van der Waals surface area contributed by atoms with E-state index in [4.69, 9.17) is 21.1 Å². The number of aromatic nitrogens is 3. The lowest BCUT2D eigenvalue weighted by Gasteiger charge is -2.06. The van der Waals surface area contributed by atoms with Gasteiger partial charge in [0.2, 0.25) is 5.28 Å². The normalized spacial score (nSPS) is 10.1. The Bertz CT molecular complexity index is 664. The lowest BCUT2D eigenvalue weighted by atomic mass is 10.3. The number of halogens is 1. The first-order valence-corrected chi connectivity index (χ1v) is 6.55. The van der Waals surface area contributed by atoms with Crippen LogP contribution in [0.25, 0.3) is 0 Å². The van der Waals surface area contributed by atoms with E-state index >= 15 is 0 Å². The average molecular weight is 300 g/mol. The Balaban J connectivity index is 1.83. The van der Waals surface area contributed by atoms with Gasteiger partial charge in [-0.15, -0.1) is 4.98 Å². The first-order valence-electron chi connectivity index (χ1n) is 6.17. The zero-order valence-electron chi connectivity index (χ0n) is 10.8. The summed E-state index contributed by atoms with van der Waals surface area (Å²) in [6.07, 6.45) is 0. The molecule has 0 aliphatic rings. The van der Waals surface area contributed by atoms with Crippen LogP contribution in [0.15, 0.2) is 60.7 Å². The molecule has 0 N–H and O–H groups in total. The van der Waals surface area contributed by atoms with E-state index in [2.05, 4.69) is 15.0 Å². The Morgan fingerprint density at radius 3 is 1.48 bits per heavy atom. The van der Waals surface area contributed by atoms with Crippen molar-refractivity contribution >= 4 is 11.6 Å². The summed E-state index contributed by atoms with van der Waals surface area (Å²) in [5.74, 6) is 1.20. The Hall–Kier alpha value is -2.66. The summed E-state index contributed by atoms with van der Waals surface area (Å²) in [7, 11) is 0. The maximum absolute atomic E-state index is 5.86. The van der Waals surface area contributed by atoms with Crippen LogP contribution in [0.5, 0.6) is 23.5 Å². The van der Waals surface area contributed by atoms with E-state index in [1.54, 1.807) is 24.3 Å². The van der Waals surface area contributed by atoms with Crippen molar-refractivity contribution < 1.29 is 9.47 Å². The van der Waals surface area contributed by atoms with Crippen molar-refractivity contribution in [1.82, 2.24) is 15.0 Å². The minimum absolute atomic E-state index is 0.00172. The SMILES string of the molecule is Clc1nc(Oc2ccccc2)nc(Oc2ccccc2)n1. The highest BCUT2D eigenvalue weighted by Crippen LogP contribution is 2.23. The lowest BCUT2D eigenvalue weighted by molar-refractivity contribution is 0.397. The zero-order valence-corrected chi connectivity index (χ0v) is 11.6. The topological polar surface area (TPSA) is 57.1 Å². The summed E-state index contributed by atoms with van der Waals surface area (Å²) in [6.45, 7) is 0. The summed E-state index contributed by atoms with van der Waals surface area (Å²) >= 11 is 5.86. The van der Waals surface area contributed by atoms with Crippen molar-refractivity contribution in [3.8, 4) is 23.5 Å². The molecule has 0 saturated heterocycles. The Morgan fingerprint density at radius 2 is 1.05 bits per heavy atom. The summed E-state index contributed by atoms with van der Waals surface area (Å²) in [5, 5.41) is 0.00172. The van der Waals surface area contributed by atoms with Crippen molar-refractivity contribution in [1.29, 1.82) is 0 Å². The second kappa shape index (κ2) is 6.19. The van der Waals surface area contributed by atoms with Crippen molar-refractivity contribution in [3.63, 3.8) is 0 Å². The summed E-state index contributed by atoms with van der Waals surface area (Å²) < 4.78 is 11.0. The third-order valence-corrected chi connectivity index (χ3v) is 2.64. The molecule has 0 saturated carbocycles. The lowest BCUT2D eigenvalue weighted by Crippen LogP contribution is -1.98. The molecule has 1 aromatic heterocycles. The predicted octanol–water partition coefficient (Wildman–Crippen LogP) is 4.11. The van der Waals surface area contributed by atoms with Crippen LogP contribution >= 0.6 is 11.6 Å². The number of hydrogen-bond acceptors (Lipinski definition) is 5. The minimum Gasteiger partial charge on any atom is -0.424 e. The van der Waals surface area contributed by atoms with Gasteiger partial charge in [-0.25, -0.2) is 0 Å². The van der Waals surface area contributed by atoms with Gasteiger partial charge in [0, 0.05) is 0 Å². The van der Waals surface area contributed by atoms with Gasteiger partial charge in [-0.05, 0) is 35.9 Å². The number of para-hydroxylation sites is 2. The molecule has 0 unspecified atom stereocenters. The van der Waals surface area contributed by atoms with Gasteiger partial charge >= 0.3 is 12.0 Å². The molecule has 21 heavy (non-hydrogen) atoms. The Labute approximate surface area is 126 Å². The van der Waals surface area contributed by atoms with Gasteiger partial charge in [0.05, 0.1) is 0 Å². The molecule has 2 aromatic carbocycles. The van der Waals surface area contributed by atoms with E-state index < -0.39 is 0 Å². The molecule has 0 aliphatic carbocycles. The molecular weight excluding hydrogens is 290 g/mol. The third-order valence-electron chi connectivity index (χ3n) is 2.47. The van der Waals surface area contributed by atoms with Crippen LogP contribution in [-0.2, 0) is 0 Å². The molecule has 5 nitrogen and oxygen atoms in total. The number of benzene rings is 2. The number of rotatable bonds is 4. The zero-order chi connectivity index (χ0) is 14.5. The molecule has 0 spiro atoms. The highest BCUT2D eigenvalue weighted by atomic mass is 35.5. The van der Waals surface area contributed by atoms with Gasteiger partial charge in [-0.3, -0.25) is 0 Å². The highest BCUT2D eigenvalue weighted by molar-refractivity contribution is 6.28. The van der Waals surface area contributed by atoms with Crippen LogP contribution in [0.3, 0.4) is 0 Å². The maximum Gasteiger partial charge on any atom is 0.329 e. The molecular formula is C15H10ClN3O2. The van der Waals surface area contributed by atoms with Crippen LogP contribution in [0.1, 0.15) is 0 Å². The molecule has 3 aromatic rings. The van der Waals surface area contributed by atoms with Gasteiger partial charge in [-0.2, -0.15) is 9.97 Å². The second-order valence-corrected chi connectivity index (χ2v) is 4.34. The van der Waals surface area contributed by atoms with E-state index in [0.29, 0.717) is 11.5 Å². The molecule has 0 aliphatic heterocycles. The molecule has 0 radical (unpaired) electrons. The third kappa shape index (κ3) is 3.67. The monoisotopic (exact) mass is 299 g/mol. The largest absolute Gasteiger partial charge is 0.424 e. The number of hydrogen-bond donors (Lipinski definition) is 0. The van der Waals surface area contributed by atoms with Crippen LogP contribution in [0.2, 0.25) is 5.28 Å². The number of ether oxygens (including phenoxy) is 2. The second-order valence-electron chi connectivity index (χ2n) is 4.00. The van der Waals surface area contributed by atoms with Crippen LogP contribution < -0.4 is 9.47 Å². The fraction of sp³-hybridized carbons (Fsp3) is 0. The summed E-state index contributed by atoms with van der Waals surface area (Å²) in [6, 6.07) is 18.5. The summed E-state index contributed by atoms with van der Waals surface area (Å²) in [5.41, 5.74) is 0. The Morgan fingerprint density at radius 1 is 0.619 bits per heavy atom. The van der Waals surface area contributed by atoms with Gasteiger partial charge in [-0.1, -0.05) is 36.4 Å². The molecule has 0 bridgehead atoms. The van der Waals surface area contributed by atoms with Crippen molar-refractivity contribution in [2.75, 3.05) is 0 Å². The minimum atomic E-state index is 0.00172. The first-order chi connectivity index (χ1) is 10.3. The maximum atomic E-state index is 5.86. The van der Waals surface area contributed by atoms with Crippen molar-refractivity contribution in [2.45, 2.75) is 0 Å². The van der Waals surface area contributed by atoms with Gasteiger partial charge in [0.25, 0.3) is 0 Å². The quantitative estimate of drug-likeness (QED) is 0.725. The smallest absolute Gasteiger partial charge is 0.329 e. The van der Waals surface area contributed by atoms with Crippen LogP contribution in [0.4, 0.5) is 0 Å². The first kappa shape index (κ1) is 13.3. The highest BCUT2D eigenvalue weighted by Gasteiger charge is 2.09. The molecule has 0 atom stereocenters. The van der Waals surface area contributed by atoms with E-state index in [1.807, 2.05) is 36.4 Å². The fourth-order valence-corrected chi connectivity index (χ4v) is 1.74. The van der Waals surface area contributed by atoms with Gasteiger partial charge in [0.1, 0.15) is 11.5 Å². The molecule has 0 amide bonds. The van der Waals surface area contributed by atoms with Crippen molar-refractivity contribution in [3.05, 3.63) is 65.9 Å². The summed E-state index contributed by atoms with van der Waals surface area (Å²) in [4.78, 5) is 11.9. The fourth-order valence-electron chi connectivity index (χ4n) is 1.59. The van der Waals surface area contributed by atoms with E-state index in [0.717, 1.165) is 0 Å². The molecule has 0 fully saturated rings. The van der Waals surface area contributed by atoms with Crippen LogP contribution in [-0.4, -0.2) is 15.0 Å². The standard InChI is InChI=1S/C15H10ClN3O2/c16-13-17-14(20-11-7-3-1-4-8-11)19-15(18-13)21-12-9-5-2-6-10-12/h1-10H. The Kier molecular flexibility index (Phi) is 3.93. The van der Waals surface area contributed by atoms with Gasteiger partial charge in [0.15, 0.2) is 0 Å². The predicted molar refractivity (Wildman–Crippen MR) is 77.9 cm³/mol. The average Bonchev–Trinajstić information content (AvgIpc) is 2.48. The molecule has 3 rings (SSSR count). The van der Waals surface area contributed by atoms with Crippen LogP contribution in [0, 0.1) is 0 Å².